The molecule has 0 heterocycles. The number of allylic oxidation sites excluding steroid dienone is 1. The van der Waals surface area contributed by atoms with Crippen molar-refractivity contribution in [3.63, 3.8) is 0 Å². The molecule has 1 aliphatic rings. The molecule has 2 aromatic carbocycles. The fraction of sp³-hybridized carbons (Fsp3) is 0.211. The van der Waals surface area contributed by atoms with Crippen LogP contribution in [0.25, 0.3) is 5.57 Å². The monoisotopic (exact) mass is 278 g/mol. The van der Waals surface area contributed by atoms with E-state index in [-0.39, 0.29) is 5.97 Å². The molecule has 0 aliphatic heterocycles. The fourth-order valence-corrected chi connectivity index (χ4v) is 2.78. The molecule has 0 aromatic heterocycles. The number of rotatable bonds is 2. The molecule has 0 amide bonds. The van der Waals surface area contributed by atoms with Crippen molar-refractivity contribution >= 4 is 11.5 Å². The number of hydrogen-bond acceptors (Lipinski definition) is 2. The topological polar surface area (TPSA) is 26.3 Å². The lowest BCUT2D eigenvalue weighted by Gasteiger charge is -2.19. The van der Waals surface area contributed by atoms with Crippen LogP contribution in [0.3, 0.4) is 0 Å². The molecule has 3 rings (SSSR count). The summed E-state index contributed by atoms with van der Waals surface area (Å²) in [5, 5.41) is 0. The minimum Gasteiger partial charge on any atom is -0.465 e. The van der Waals surface area contributed by atoms with Crippen molar-refractivity contribution in [3.05, 3.63) is 76.4 Å². The van der Waals surface area contributed by atoms with Gasteiger partial charge in [0, 0.05) is 0 Å². The number of esters is 1. The number of fused-ring (bicyclic) bond motifs is 1. The Morgan fingerprint density at radius 1 is 1.10 bits per heavy atom. The first-order valence-electron chi connectivity index (χ1n) is 7.18. The summed E-state index contributed by atoms with van der Waals surface area (Å²) >= 11 is 0. The van der Waals surface area contributed by atoms with E-state index in [1.54, 1.807) is 0 Å². The Hall–Kier alpha value is -2.35. The van der Waals surface area contributed by atoms with E-state index in [0.29, 0.717) is 5.56 Å². The van der Waals surface area contributed by atoms with Crippen molar-refractivity contribution in [2.45, 2.75) is 19.8 Å². The Balaban J connectivity index is 2.08. The highest BCUT2D eigenvalue weighted by Crippen LogP contribution is 2.32. The molecule has 2 heteroatoms. The summed E-state index contributed by atoms with van der Waals surface area (Å²) < 4.78 is 4.83. The first kappa shape index (κ1) is 13.6. The summed E-state index contributed by atoms with van der Waals surface area (Å²) in [6.07, 6.45) is 4.31. The molecule has 106 valence electrons. The number of hydrogen-bond donors (Lipinski definition) is 0. The van der Waals surface area contributed by atoms with Gasteiger partial charge in [-0.15, -0.1) is 0 Å². The van der Waals surface area contributed by atoms with Gasteiger partial charge in [0.25, 0.3) is 0 Å². The van der Waals surface area contributed by atoms with Crippen molar-refractivity contribution < 1.29 is 9.53 Å². The lowest BCUT2D eigenvalue weighted by Crippen LogP contribution is -2.06. The average Bonchev–Trinajstić information content (AvgIpc) is 2.54. The Kier molecular flexibility index (Phi) is 3.61. The summed E-state index contributed by atoms with van der Waals surface area (Å²) in [7, 11) is 1.42. The Morgan fingerprint density at radius 2 is 1.86 bits per heavy atom. The third-order valence-corrected chi connectivity index (χ3v) is 3.95. The quantitative estimate of drug-likeness (QED) is 0.771. The molecule has 0 saturated carbocycles. The van der Waals surface area contributed by atoms with Gasteiger partial charge in [-0.3, -0.25) is 0 Å². The summed E-state index contributed by atoms with van der Waals surface area (Å²) in [5.74, 6) is -0.286. The van der Waals surface area contributed by atoms with Gasteiger partial charge in [0.05, 0.1) is 12.7 Å². The van der Waals surface area contributed by atoms with E-state index in [0.717, 1.165) is 18.4 Å². The fourth-order valence-electron chi connectivity index (χ4n) is 2.78. The van der Waals surface area contributed by atoms with Crippen LogP contribution in [0.4, 0.5) is 0 Å². The maximum absolute atomic E-state index is 11.7. The van der Waals surface area contributed by atoms with Gasteiger partial charge in [0.2, 0.25) is 0 Å². The molecule has 0 saturated heterocycles. The van der Waals surface area contributed by atoms with Crippen molar-refractivity contribution in [1.29, 1.82) is 0 Å². The van der Waals surface area contributed by atoms with E-state index in [1.165, 1.54) is 29.4 Å². The largest absolute Gasteiger partial charge is 0.465 e. The van der Waals surface area contributed by atoms with Gasteiger partial charge < -0.3 is 4.74 Å². The Morgan fingerprint density at radius 3 is 2.57 bits per heavy atom. The molecule has 0 unspecified atom stereocenters. The Labute approximate surface area is 125 Å². The molecule has 0 radical (unpaired) electrons. The maximum atomic E-state index is 11.7. The molecule has 0 bridgehead atoms. The number of carbonyl (C=O) groups excluding carboxylic acids is 1. The molecule has 0 atom stereocenters. The van der Waals surface area contributed by atoms with Gasteiger partial charge in [-0.05, 0) is 54.2 Å². The van der Waals surface area contributed by atoms with E-state index in [2.05, 4.69) is 37.3 Å². The summed E-state index contributed by atoms with van der Waals surface area (Å²) in [4.78, 5) is 11.7. The zero-order valence-corrected chi connectivity index (χ0v) is 12.3. The van der Waals surface area contributed by atoms with E-state index in [9.17, 15) is 4.79 Å². The predicted molar refractivity (Wildman–Crippen MR) is 84.4 cm³/mol. The van der Waals surface area contributed by atoms with Gasteiger partial charge in [-0.2, -0.15) is 0 Å². The van der Waals surface area contributed by atoms with Crippen molar-refractivity contribution in [3.8, 4) is 0 Å². The molecular formula is C19H18O2. The highest BCUT2D eigenvalue weighted by molar-refractivity contribution is 5.92. The second-order valence-electron chi connectivity index (χ2n) is 5.39. The minimum absolute atomic E-state index is 0.286. The highest BCUT2D eigenvalue weighted by atomic mass is 16.5. The van der Waals surface area contributed by atoms with Crippen LogP contribution in [0, 0.1) is 6.92 Å². The van der Waals surface area contributed by atoms with Gasteiger partial charge in [0.1, 0.15) is 0 Å². The summed E-state index contributed by atoms with van der Waals surface area (Å²) in [6.45, 7) is 2.09. The van der Waals surface area contributed by atoms with Gasteiger partial charge in [-0.25, -0.2) is 4.79 Å². The first-order valence-corrected chi connectivity index (χ1v) is 7.18. The summed E-state index contributed by atoms with van der Waals surface area (Å²) in [5.41, 5.74) is 6.70. The lowest BCUT2D eigenvalue weighted by atomic mass is 9.86. The molecule has 1 aliphatic carbocycles. The van der Waals surface area contributed by atoms with Gasteiger partial charge in [-0.1, -0.05) is 42.0 Å². The SMILES string of the molecule is COC(=O)c1ccc2c(c1)C(c1ccc(C)cc1)=CCC2. The van der Waals surface area contributed by atoms with Crippen LogP contribution in [0.15, 0.2) is 48.5 Å². The van der Waals surface area contributed by atoms with Crippen LogP contribution >= 0.6 is 0 Å². The van der Waals surface area contributed by atoms with E-state index in [4.69, 9.17) is 4.74 Å². The van der Waals surface area contributed by atoms with E-state index in [1.807, 2.05) is 18.2 Å². The predicted octanol–water partition coefficient (Wildman–Crippen LogP) is 4.16. The normalized spacial score (nSPS) is 13.3. The lowest BCUT2D eigenvalue weighted by molar-refractivity contribution is 0.0600. The second-order valence-corrected chi connectivity index (χ2v) is 5.39. The summed E-state index contributed by atoms with van der Waals surface area (Å²) in [6, 6.07) is 14.4. The molecular weight excluding hydrogens is 260 g/mol. The first-order chi connectivity index (χ1) is 10.2. The molecule has 0 fully saturated rings. The average molecular weight is 278 g/mol. The molecule has 2 nitrogen and oxygen atoms in total. The van der Waals surface area contributed by atoms with Crippen LogP contribution in [0.1, 0.15) is 39.0 Å². The smallest absolute Gasteiger partial charge is 0.337 e. The zero-order valence-electron chi connectivity index (χ0n) is 12.3. The molecule has 21 heavy (non-hydrogen) atoms. The van der Waals surface area contributed by atoms with E-state index < -0.39 is 0 Å². The molecule has 2 aromatic rings. The number of benzene rings is 2. The van der Waals surface area contributed by atoms with Gasteiger partial charge in [0.15, 0.2) is 0 Å². The van der Waals surface area contributed by atoms with E-state index >= 15 is 0 Å². The minimum atomic E-state index is -0.286. The maximum Gasteiger partial charge on any atom is 0.337 e. The molecule has 0 spiro atoms. The van der Waals surface area contributed by atoms with Crippen LogP contribution in [-0.2, 0) is 11.2 Å². The second kappa shape index (κ2) is 5.57. The number of methoxy groups -OCH3 is 1. The van der Waals surface area contributed by atoms with Crippen molar-refractivity contribution in [1.82, 2.24) is 0 Å². The number of aryl methyl sites for hydroxylation is 2. The van der Waals surface area contributed by atoms with Crippen LogP contribution in [0.2, 0.25) is 0 Å². The highest BCUT2D eigenvalue weighted by Gasteiger charge is 2.16. The number of carbonyl (C=O) groups is 1. The van der Waals surface area contributed by atoms with Gasteiger partial charge >= 0.3 is 5.97 Å². The zero-order chi connectivity index (χ0) is 14.8. The Bertz CT molecular complexity index is 709. The number of ether oxygens (including phenoxy) is 1. The third kappa shape index (κ3) is 2.62. The third-order valence-electron chi connectivity index (χ3n) is 3.95. The van der Waals surface area contributed by atoms with Crippen molar-refractivity contribution in [2.24, 2.45) is 0 Å². The van der Waals surface area contributed by atoms with Crippen LogP contribution < -0.4 is 0 Å². The molecule has 0 N–H and O–H groups in total. The van der Waals surface area contributed by atoms with Crippen molar-refractivity contribution in [2.75, 3.05) is 7.11 Å². The van der Waals surface area contributed by atoms with Crippen LogP contribution in [-0.4, -0.2) is 13.1 Å². The standard InChI is InChI=1S/C19H18O2/c1-13-6-8-15(9-7-13)17-5-3-4-14-10-11-16(12-18(14)17)19(20)21-2/h5-12H,3-4H2,1-2H3. The van der Waals surface area contributed by atoms with Crippen LogP contribution in [0.5, 0.6) is 0 Å².